The van der Waals surface area contributed by atoms with Crippen molar-refractivity contribution in [3.8, 4) is 5.75 Å². The first-order valence-corrected chi connectivity index (χ1v) is 13.4. The molecule has 0 aromatic heterocycles. The maximum absolute atomic E-state index is 13.2. The van der Waals surface area contributed by atoms with Gasteiger partial charge in [-0.25, -0.2) is 4.79 Å². The van der Waals surface area contributed by atoms with Crippen LogP contribution in [-0.2, 0) is 5.41 Å². The molecule has 4 aliphatic carbocycles. The number of carbonyl (C=O) groups excluding carboxylic acids is 1. The van der Waals surface area contributed by atoms with Gasteiger partial charge in [0.05, 0.1) is 12.2 Å². The second-order valence-corrected chi connectivity index (χ2v) is 11.2. The summed E-state index contributed by atoms with van der Waals surface area (Å²) in [7, 11) is 0. The van der Waals surface area contributed by atoms with Gasteiger partial charge in [0.2, 0.25) is 0 Å². The van der Waals surface area contributed by atoms with Crippen LogP contribution in [0, 0.1) is 17.8 Å². The van der Waals surface area contributed by atoms with E-state index in [0.717, 1.165) is 36.5 Å². The number of nitrogens with one attached hydrogen (secondary N) is 1. The largest absolute Gasteiger partial charge is 0.493 e. The molecule has 5 nitrogen and oxygen atoms in total. The van der Waals surface area contributed by atoms with Crippen molar-refractivity contribution >= 4 is 17.6 Å². The lowest BCUT2D eigenvalue weighted by Crippen LogP contribution is -2.48. The van der Waals surface area contributed by atoms with Crippen molar-refractivity contribution in [1.82, 2.24) is 0 Å². The molecule has 0 radical (unpaired) electrons. The Bertz CT molecular complexity index is 1040. The maximum Gasteiger partial charge on any atom is 0.335 e. The molecule has 0 heterocycles. The number of carbonyl (C=O) groups is 2. The lowest BCUT2D eigenvalue weighted by atomic mass is 9.48. The monoisotopic (exact) mass is 475 g/mol. The Morgan fingerprint density at radius 1 is 0.914 bits per heavy atom. The predicted molar refractivity (Wildman–Crippen MR) is 137 cm³/mol. The Kier molecular flexibility index (Phi) is 6.86. The summed E-state index contributed by atoms with van der Waals surface area (Å²) in [6.45, 7) is 2.94. The Morgan fingerprint density at radius 3 is 2.14 bits per heavy atom. The zero-order valence-electron chi connectivity index (χ0n) is 20.7. The SMILES string of the molecule is CCCCCCOc1ccc(C(=O)Nc2ccc(C(=O)O)cc2)cc1C12CC3CC(CC(C3)C1)C2. The van der Waals surface area contributed by atoms with Crippen molar-refractivity contribution < 1.29 is 19.4 Å². The van der Waals surface area contributed by atoms with E-state index in [4.69, 9.17) is 9.84 Å². The third-order valence-corrected chi connectivity index (χ3v) is 8.50. The minimum atomic E-state index is -0.978. The molecule has 4 fully saturated rings. The van der Waals surface area contributed by atoms with Crippen molar-refractivity contribution in [2.75, 3.05) is 11.9 Å². The molecule has 2 N–H and O–H groups in total. The topological polar surface area (TPSA) is 75.6 Å². The van der Waals surface area contributed by atoms with Crippen LogP contribution in [0.4, 0.5) is 5.69 Å². The Morgan fingerprint density at radius 2 is 1.54 bits per heavy atom. The summed E-state index contributed by atoms with van der Waals surface area (Å²) in [5, 5.41) is 12.1. The fraction of sp³-hybridized carbons (Fsp3) is 0.533. The number of carboxylic acid groups (broad SMARTS) is 1. The Hall–Kier alpha value is -2.82. The van der Waals surface area contributed by atoms with Gasteiger partial charge in [0, 0.05) is 16.8 Å². The molecule has 2 aromatic carbocycles. The first kappa shape index (κ1) is 23.9. The van der Waals surface area contributed by atoms with Crippen molar-refractivity contribution in [2.45, 2.75) is 76.5 Å². The second kappa shape index (κ2) is 10.0. The number of hydrogen-bond donors (Lipinski definition) is 2. The van der Waals surface area contributed by atoms with Crippen LogP contribution in [0.2, 0.25) is 0 Å². The smallest absolute Gasteiger partial charge is 0.335 e. The van der Waals surface area contributed by atoms with Crippen LogP contribution in [-0.4, -0.2) is 23.6 Å². The minimum absolute atomic E-state index is 0.132. The van der Waals surface area contributed by atoms with Crippen molar-refractivity contribution in [1.29, 1.82) is 0 Å². The van der Waals surface area contributed by atoms with Crippen molar-refractivity contribution in [2.24, 2.45) is 17.8 Å². The molecule has 6 rings (SSSR count). The molecule has 186 valence electrons. The molecular formula is C30H37NO4. The zero-order valence-corrected chi connectivity index (χ0v) is 20.7. The van der Waals surface area contributed by atoms with Gasteiger partial charge in [-0.3, -0.25) is 4.79 Å². The van der Waals surface area contributed by atoms with Crippen LogP contribution < -0.4 is 10.1 Å². The highest BCUT2D eigenvalue weighted by atomic mass is 16.5. The molecule has 2 aromatic rings. The van der Waals surface area contributed by atoms with Gasteiger partial charge in [-0.15, -0.1) is 0 Å². The Labute approximate surface area is 208 Å². The molecule has 35 heavy (non-hydrogen) atoms. The summed E-state index contributed by atoms with van der Waals surface area (Å²) in [4.78, 5) is 24.3. The average Bonchev–Trinajstić information content (AvgIpc) is 2.83. The number of unbranched alkanes of at least 4 members (excludes halogenated alkanes) is 3. The third kappa shape index (κ3) is 5.10. The van der Waals surface area contributed by atoms with Gasteiger partial charge < -0.3 is 15.2 Å². The molecule has 4 aliphatic rings. The molecule has 0 saturated heterocycles. The Balaban J connectivity index is 1.39. The predicted octanol–water partition coefficient (Wildman–Crippen LogP) is 7.06. The van der Waals surface area contributed by atoms with Crippen LogP contribution in [0.25, 0.3) is 0 Å². The highest BCUT2D eigenvalue weighted by Gasteiger charge is 2.52. The van der Waals surface area contributed by atoms with Gasteiger partial charge >= 0.3 is 5.97 Å². The van der Waals surface area contributed by atoms with E-state index in [1.54, 1.807) is 12.1 Å². The lowest BCUT2D eigenvalue weighted by Gasteiger charge is -2.57. The molecule has 4 saturated carbocycles. The molecule has 5 heteroatoms. The number of hydrogen-bond acceptors (Lipinski definition) is 3. The fourth-order valence-corrected chi connectivity index (χ4v) is 7.26. The van der Waals surface area contributed by atoms with Gasteiger partial charge in [0.15, 0.2) is 0 Å². The van der Waals surface area contributed by atoms with Crippen LogP contribution in [0.5, 0.6) is 5.75 Å². The summed E-state index contributed by atoms with van der Waals surface area (Å²) in [6, 6.07) is 12.3. The summed E-state index contributed by atoms with van der Waals surface area (Å²) in [5.41, 5.74) is 2.80. The normalized spacial score (nSPS) is 26.5. The highest BCUT2D eigenvalue weighted by molar-refractivity contribution is 6.04. The summed E-state index contributed by atoms with van der Waals surface area (Å²) < 4.78 is 6.37. The second-order valence-electron chi connectivity index (χ2n) is 11.2. The molecular weight excluding hydrogens is 438 g/mol. The van der Waals surface area contributed by atoms with E-state index >= 15 is 0 Å². The first-order chi connectivity index (χ1) is 17.0. The zero-order chi connectivity index (χ0) is 24.4. The van der Waals surface area contributed by atoms with E-state index in [2.05, 4.69) is 18.3 Å². The van der Waals surface area contributed by atoms with Crippen LogP contribution in [0.1, 0.15) is 97.4 Å². The van der Waals surface area contributed by atoms with Crippen LogP contribution >= 0.6 is 0 Å². The van der Waals surface area contributed by atoms with Crippen molar-refractivity contribution in [3.05, 3.63) is 59.2 Å². The summed E-state index contributed by atoms with van der Waals surface area (Å²) >= 11 is 0. The average molecular weight is 476 g/mol. The number of carboxylic acids is 1. The van der Waals surface area contributed by atoms with Gasteiger partial charge in [-0.1, -0.05) is 26.2 Å². The first-order valence-electron chi connectivity index (χ1n) is 13.4. The van der Waals surface area contributed by atoms with E-state index in [9.17, 15) is 9.59 Å². The lowest BCUT2D eigenvalue weighted by molar-refractivity contribution is -0.00641. The number of aromatic carboxylic acids is 1. The molecule has 1 amide bonds. The van der Waals surface area contributed by atoms with Gasteiger partial charge in [0.1, 0.15) is 5.75 Å². The van der Waals surface area contributed by atoms with Crippen molar-refractivity contribution in [3.63, 3.8) is 0 Å². The molecule has 0 spiro atoms. The van der Waals surface area contributed by atoms with Gasteiger partial charge in [-0.05, 0) is 111 Å². The number of rotatable bonds is 10. The van der Waals surface area contributed by atoms with E-state index in [1.165, 1.54) is 75.5 Å². The van der Waals surface area contributed by atoms with E-state index in [1.807, 2.05) is 12.1 Å². The number of anilines is 1. The number of amides is 1. The van der Waals surface area contributed by atoms with E-state index < -0.39 is 5.97 Å². The molecule has 0 aliphatic heterocycles. The molecule has 0 atom stereocenters. The van der Waals surface area contributed by atoms with E-state index in [-0.39, 0.29) is 16.9 Å². The van der Waals surface area contributed by atoms with Crippen LogP contribution in [0.15, 0.2) is 42.5 Å². The quantitative estimate of drug-likeness (QED) is 0.361. The van der Waals surface area contributed by atoms with Gasteiger partial charge in [-0.2, -0.15) is 0 Å². The fourth-order valence-electron chi connectivity index (χ4n) is 7.26. The number of ether oxygens (including phenoxy) is 1. The third-order valence-electron chi connectivity index (χ3n) is 8.50. The summed E-state index contributed by atoms with van der Waals surface area (Å²) in [6.07, 6.45) is 12.5. The standard InChI is InChI=1S/C30H37NO4/c1-2-3-4-5-12-35-27-11-8-24(28(32)31-25-9-6-23(7-10-25)29(33)34)16-26(27)30-17-20-13-21(18-30)15-22(14-20)19-30/h6-11,16,20-22H,2-5,12-15,17-19H2,1H3,(H,31,32)(H,33,34). The maximum atomic E-state index is 13.2. The highest BCUT2D eigenvalue weighted by Crippen LogP contribution is 2.62. The van der Waals surface area contributed by atoms with E-state index in [0.29, 0.717) is 11.3 Å². The summed E-state index contributed by atoms with van der Waals surface area (Å²) in [5.74, 6) is 2.24. The van der Waals surface area contributed by atoms with Crippen LogP contribution in [0.3, 0.4) is 0 Å². The molecule has 0 unspecified atom stereocenters. The van der Waals surface area contributed by atoms with Gasteiger partial charge in [0.25, 0.3) is 5.91 Å². The number of benzene rings is 2. The molecule has 4 bridgehead atoms. The minimum Gasteiger partial charge on any atom is -0.493 e.